The molecule has 0 spiro atoms. The fraction of sp³-hybridized carbons (Fsp3) is 0.273. The monoisotopic (exact) mass is 389 g/mol. The first-order valence-electron chi connectivity index (χ1n) is 9.68. The van der Waals surface area contributed by atoms with Crippen LogP contribution in [0.1, 0.15) is 41.1 Å². The first kappa shape index (κ1) is 17.5. The van der Waals surface area contributed by atoms with E-state index in [-0.39, 0.29) is 0 Å². The molecule has 1 aliphatic rings. The lowest BCUT2D eigenvalue weighted by Crippen LogP contribution is -2.02. The standard InChI is InChI=1S/C22H23N5S/c1-16-2-4-17(5-3-16)10-24-28-21-11-23-27(15-21)14-20-13-26-12-19(18-6-7-18)8-9-22(26)25-20/h2-5,8-9,11-13,15,18,24H,6-7,10,14H2,1H3. The molecule has 0 atom stereocenters. The lowest BCUT2D eigenvalue weighted by molar-refractivity contribution is 0.675. The number of fused-ring (bicyclic) bond motifs is 1. The molecule has 28 heavy (non-hydrogen) atoms. The molecule has 0 aliphatic heterocycles. The minimum Gasteiger partial charge on any atom is -0.306 e. The van der Waals surface area contributed by atoms with E-state index in [4.69, 9.17) is 4.98 Å². The van der Waals surface area contributed by atoms with Crippen LogP contribution in [0.15, 0.2) is 66.1 Å². The molecule has 142 valence electrons. The van der Waals surface area contributed by atoms with Gasteiger partial charge in [-0.1, -0.05) is 35.9 Å². The van der Waals surface area contributed by atoms with E-state index < -0.39 is 0 Å². The van der Waals surface area contributed by atoms with E-state index in [2.05, 4.69) is 76.1 Å². The number of benzene rings is 1. The van der Waals surface area contributed by atoms with E-state index in [0.29, 0.717) is 6.54 Å². The van der Waals surface area contributed by atoms with Gasteiger partial charge in [-0.2, -0.15) is 5.10 Å². The number of hydrogen-bond acceptors (Lipinski definition) is 4. The van der Waals surface area contributed by atoms with Crippen molar-refractivity contribution in [1.29, 1.82) is 0 Å². The van der Waals surface area contributed by atoms with Crippen molar-refractivity contribution in [3.63, 3.8) is 0 Å². The fourth-order valence-corrected chi connectivity index (χ4v) is 4.03. The van der Waals surface area contributed by atoms with E-state index in [0.717, 1.165) is 28.7 Å². The third-order valence-electron chi connectivity index (χ3n) is 5.09. The second kappa shape index (κ2) is 7.45. The number of nitrogens with one attached hydrogen (secondary N) is 1. The molecule has 6 heteroatoms. The number of aryl methyl sites for hydroxylation is 1. The Morgan fingerprint density at radius 3 is 2.75 bits per heavy atom. The summed E-state index contributed by atoms with van der Waals surface area (Å²) in [5.41, 5.74) is 6.02. The maximum absolute atomic E-state index is 4.73. The summed E-state index contributed by atoms with van der Waals surface area (Å²) in [6.45, 7) is 3.61. The number of rotatable bonds is 7. The second-order valence-corrected chi connectivity index (χ2v) is 8.48. The van der Waals surface area contributed by atoms with Crippen LogP contribution >= 0.6 is 11.9 Å². The van der Waals surface area contributed by atoms with Crippen molar-refractivity contribution in [3.05, 3.63) is 83.6 Å². The van der Waals surface area contributed by atoms with Crippen LogP contribution < -0.4 is 4.72 Å². The van der Waals surface area contributed by atoms with Crippen LogP contribution in [0.4, 0.5) is 0 Å². The van der Waals surface area contributed by atoms with Gasteiger partial charge in [0, 0.05) is 25.1 Å². The Hall–Kier alpha value is -2.57. The largest absolute Gasteiger partial charge is 0.306 e. The van der Waals surface area contributed by atoms with Gasteiger partial charge in [-0.3, -0.25) is 9.40 Å². The molecule has 5 rings (SSSR count). The van der Waals surface area contributed by atoms with Crippen LogP contribution in [-0.4, -0.2) is 19.2 Å². The predicted molar refractivity (Wildman–Crippen MR) is 112 cm³/mol. The molecular weight excluding hydrogens is 366 g/mol. The van der Waals surface area contributed by atoms with Gasteiger partial charge < -0.3 is 4.40 Å². The van der Waals surface area contributed by atoms with Gasteiger partial charge in [-0.25, -0.2) is 4.98 Å². The molecule has 0 radical (unpaired) electrons. The first-order chi connectivity index (χ1) is 13.7. The second-order valence-electron chi connectivity index (χ2n) is 7.52. The average Bonchev–Trinajstić information content (AvgIpc) is 3.33. The van der Waals surface area contributed by atoms with Gasteiger partial charge in [0.2, 0.25) is 0 Å². The van der Waals surface area contributed by atoms with E-state index in [1.807, 2.05) is 10.9 Å². The summed E-state index contributed by atoms with van der Waals surface area (Å²) in [4.78, 5) is 5.83. The zero-order valence-electron chi connectivity index (χ0n) is 15.9. The number of nitrogens with zero attached hydrogens (tertiary/aromatic N) is 4. The number of hydrogen-bond donors (Lipinski definition) is 1. The molecule has 1 saturated carbocycles. The summed E-state index contributed by atoms with van der Waals surface area (Å²) in [6, 6.07) is 12.9. The maximum Gasteiger partial charge on any atom is 0.137 e. The van der Waals surface area contributed by atoms with Crippen molar-refractivity contribution in [1.82, 2.24) is 23.9 Å². The van der Waals surface area contributed by atoms with Gasteiger partial charge in [0.05, 0.1) is 23.3 Å². The molecule has 0 saturated heterocycles. The Bertz CT molecular complexity index is 1090. The molecule has 3 aromatic heterocycles. The van der Waals surface area contributed by atoms with Gasteiger partial charge in [0.25, 0.3) is 0 Å². The summed E-state index contributed by atoms with van der Waals surface area (Å²) in [5.74, 6) is 0.758. The summed E-state index contributed by atoms with van der Waals surface area (Å²) >= 11 is 1.61. The molecular formula is C22H23N5S. The Labute approximate surface area is 168 Å². The van der Waals surface area contributed by atoms with E-state index in [1.54, 1.807) is 11.9 Å². The third-order valence-corrected chi connectivity index (χ3v) is 5.83. The lowest BCUT2D eigenvalue weighted by atomic mass is 10.2. The molecule has 1 fully saturated rings. The Morgan fingerprint density at radius 2 is 1.93 bits per heavy atom. The van der Waals surface area contributed by atoms with Gasteiger partial charge >= 0.3 is 0 Å². The first-order valence-corrected chi connectivity index (χ1v) is 10.5. The molecule has 1 aliphatic carbocycles. The molecule has 4 aromatic rings. The van der Waals surface area contributed by atoms with Crippen LogP contribution in [-0.2, 0) is 13.1 Å². The van der Waals surface area contributed by atoms with Gasteiger partial charge in [-0.15, -0.1) is 0 Å². The van der Waals surface area contributed by atoms with Gasteiger partial charge in [0.1, 0.15) is 5.65 Å². The normalized spacial score (nSPS) is 14.0. The minimum absolute atomic E-state index is 0.680. The van der Waals surface area contributed by atoms with E-state index in [9.17, 15) is 0 Å². The highest BCUT2D eigenvalue weighted by atomic mass is 32.2. The van der Waals surface area contributed by atoms with Crippen molar-refractivity contribution in [2.24, 2.45) is 0 Å². The Morgan fingerprint density at radius 1 is 1.07 bits per heavy atom. The zero-order valence-corrected chi connectivity index (χ0v) is 16.7. The zero-order chi connectivity index (χ0) is 18.9. The van der Waals surface area contributed by atoms with Crippen molar-refractivity contribution < 1.29 is 0 Å². The van der Waals surface area contributed by atoms with Crippen molar-refractivity contribution >= 4 is 17.6 Å². The molecule has 1 N–H and O–H groups in total. The Kier molecular flexibility index (Phi) is 4.66. The van der Waals surface area contributed by atoms with Gasteiger partial charge in [-0.05, 0) is 54.8 Å². The highest BCUT2D eigenvalue weighted by molar-refractivity contribution is 7.97. The average molecular weight is 390 g/mol. The van der Waals surface area contributed by atoms with E-state index in [1.165, 1.54) is 29.5 Å². The van der Waals surface area contributed by atoms with Crippen LogP contribution in [0.3, 0.4) is 0 Å². The molecule has 0 bridgehead atoms. The Balaban J connectivity index is 1.20. The number of imidazole rings is 1. The topological polar surface area (TPSA) is 47.2 Å². The SMILES string of the molecule is Cc1ccc(CNSc2cnn(Cc3cn4cc(C5CC5)ccc4n3)c2)cc1. The summed E-state index contributed by atoms with van der Waals surface area (Å²) < 4.78 is 7.49. The van der Waals surface area contributed by atoms with Crippen molar-refractivity contribution in [2.75, 3.05) is 0 Å². The quantitative estimate of drug-likeness (QED) is 0.471. The summed E-state index contributed by atoms with van der Waals surface area (Å²) in [6.07, 6.45) is 10.9. The number of aromatic nitrogens is 4. The van der Waals surface area contributed by atoms with Gasteiger partial charge in [0.15, 0.2) is 0 Å². The van der Waals surface area contributed by atoms with Crippen LogP contribution in [0.25, 0.3) is 5.65 Å². The highest BCUT2D eigenvalue weighted by Gasteiger charge is 2.23. The van der Waals surface area contributed by atoms with Crippen molar-refractivity contribution in [3.8, 4) is 0 Å². The van der Waals surface area contributed by atoms with Crippen LogP contribution in [0, 0.1) is 6.92 Å². The molecule has 0 amide bonds. The smallest absolute Gasteiger partial charge is 0.137 e. The van der Waals surface area contributed by atoms with Crippen LogP contribution in [0.5, 0.6) is 0 Å². The molecule has 3 heterocycles. The summed E-state index contributed by atoms with van der Waals surface area (Å²) in [5, 5.41) is 4.48. The molecule has 1 aromatic carbocycles. The van der Waals surface area contributed by atoms with E-state index >= 15 is 0 Å². The maximum atomic E-state index is 4.73. The fourth-order valence-electron chi connectivity index (χ4n) is 3.35. The number of pyridine rings is 1. The summed E-state index contributed by atoms with van der Waals surface area (Å²) in [7, 11) is 0. The highest BCUT2D eigenvalue weighted by Crippen LogP contribution is 2.39. The third kappa shape index (κ3) is 3.98. The molecule has 0 unspecified atom stereocenters. The predicted octanol–water partition coefficient (Wildman–Crippen LogP) is 4.56. The lowest BCUT2D eigenvalue weighted by Gasteiger charge is -2.03. The van der Waals surface area contributed by atoms with Crippen molar-refractivity contribution in [2.45, 2.75) is 43.7 Å². The van der Waals surface area contributed by atoms with Crippen LogP contribution in [0.2, 0.25) is 0 Å². The molecule has 5 nitrogen and oxygen atoms in total. The minimum atomic E-state index is 0.680.